The molecule has 2 heteroatoms. The van der Waals surface area contributed by atoms with Crippen molar-refractivity contribution in [2.45, 2.75) is 26.3 Å². The van der Waals surface area contributed by atoms with Crippen molar-refractivity contribution in [3.63, 3.8) is 0 Å². The highest BCUT2D eigenvalue weighted by molar-refractivity contribution is 5.81. The molecule has 1 N–H and O–H groups in total. The van der Waals surface area contributed by atoms with E-state index in [0.29, 0.717) is 13.0 Å². The van der Waals surface area contributed by atoms with Crippen molar-refractivity contribution in [3.8, 4) is 0 Å². The first-order valence-electron chi connectivity index (χ1n) is 5.41. The monoisotopic (exact) mass is 204 g/mol. The minimum Gasteiger partial charge on any atom is -0.306 e. The normalized spacial score (nSPS) is 10.2. The Bertz CT molecular complexity index is 282. The third-order valence-corrected chi connectivity index (χ3v) is 2.15. The molecule has 0 heterocycles. The summed E-state index contributed by atoms with van der Waals surface area (Å²) in [5.41, 5.74) is 1.21. The van der Waals surface area contributed by atoms with Gasteiger partial charge in [-0.2, -0.15) is 0 Å². The predicted octanol–water partition coefficient (Wildman–Crippen LogP) is 2.35. The molecular formula is C13H18NO. The lowest BCUT2D eigenvalue weighted by Crippen LogP contribution is -2.22. The highest BCUT2D eigenvalue weighted by Crippen LogP contribution is 1.97. The summed E-state index contributed by atoms with van der Waals surface area (Å²) in [7, 11) is 0. The summed E-state index contributed by atoms with van der Waals surface area (Å²) < 4.78 is 0. The van der Waals surface area contributed by atoms with Crippen LogP contribution in [-0.4, -0.2) is 12.3 Å². The zero-order valence-corrected chi connectivity index (χ0v) is 9.20. The van der Waals surface area contributed by atoms with Crippen molar-refractivity contribution in [3.05, 3.63) is 42.3 Å². The number of nitrogens with one attached hydrogen (secondary N) is 1. The molecule has 0 atom stereocenters. The van der Waals surface area contributed by atoms with Gasteiger partial charge in [-0.1, -0.05) is 43.7 Å². The molecule has 0 aliphatic carbocycles. The number of hydrogen-bond acceptors (Lipinski definition) is 2. The van der Waals surface area contributed by atoms with E-state index >= 15 is 0 Å². The smallest absolute Gasteiger partial charge is 0.146 e. The standard InChI is InChI=1S/C13H18NO/c1-2-3-9-13(15)11-14-10-12-7-5-4-6-8-12/h3-8,14H,2,9-11H2,1H3. The van der Waals surface area contributed by atoms with E-state index in [9.17, 15) is 4.79 Å². The number of carbonyl (C=O) groups is 1. The molecule has 81 valence electrons. The van der Waals surface area contributed by atoms with E-state index in [4.69, 9.17) is 0 Å². The summed E-state index contributed by atoms with van der Waals surface area (Å²) in [6, 6.07) is 10.1. The molecule has 0 saturated carbocycles. The Kier molecular flexibility index (Phi) is 5.71. The zero-order valence-electron chi connectivity index (χ0n) is 9.20. The van der Waals surface area contributed by atoms with Crippen LogP contribution in [-0.2, 0) is 11.3 Å². The Morgan fingerprint density at radius 3 is 2.73 bits per heavy atom. The Morgan fingerprint density at radius 2 is 2.07 bits per heavy atom. The maximum atomic E-state index is 11.3. The summed E-state index contributed by atoms with van der Waals surface area (Å²) in [6.45, 7) is 3.27. The number of hydrogen-bond donors (Lipinski definition) is 1. The number of rotatable bonds is 7. The van der Waals surface area contributed by atoms with Gasteiger partial charge >= 0.3 is 0 Å². The average Bonchev–Trinajstić information content (AvgIpc) is 2.28. The Hall–Kier alpha value is -1.15. The second kappa shape index (κ2) is 7.18. The SMILES string of the molecule is CC[CH]CC(=O)CNCc1ccccc1. The molecular weight excluding hydrogens is 186 g/mol. The molecule has 0 spiro atoms. The fourth-order valence-electron chi connectivity index (χ4n) is 1.32. The molecule has 0 bridgehead atoms. The second-order valence-electron chi connectivity index (χ2n) is 3.53. The van der Waals surface area contributed by atoms with E-state index in [1.807, 2.05) is 31.5 Å². The lowest BCUT2D eigenvalue weighted by Gasteiger charge is -2.03. The highest BCUT2D eigenvalue weighted by Gasteiger charge is 2.00. The maximum absolute atomic E-state index is 11.3. The molecule has 0 aromatic heterocycles. The molecule has 2 nitrogen and oxygen atoms in total. The Balaban J connectivity index is 2.14. The van der Waals surface area contributed by atoms with Crippen LogP contribution in [0.5, 0.6) is 0 Å². The van der Waals surface area contributed by atoms with Crippen LogP contribution in [0, 0.1) is 6.42 Å². The van der Waals surface area contributed by atoms with Gasteiger partial charge in [0.1, 0.15) is 5.78 Å². The van der Waals surface area contributed by atoms with E-state index in [1.54, 1.807) is 0 Å². The zero-order chi connectivity index (χ0) is 10.9. The van der Waals surface area contributed by atoms with Crippen molar-refractivity contribution >= 4 is 5.78 Å². The van der Waals surface area contributed by atoms with Crippen molar-refractivity contribution in [1.29, 1.82) is 0 Å². The first kappa shape index (κ1) is 11.9. The Labute approximate surface area is 91.7 Å². The predicted molar refractivity (Wildman–Crippen MR) is 62.4 cm³/mol. The number of carbonyl (C=O) groups excluding carboxylic acids is 1. The van der Waals surface area contributed by atoms with Crippen LogP contribution in [0.2, 0.25) is 0 Å². The minimum atomic E-state index is 0.257. The van der Waals surface area contributed by atoms with Crippen LogP contribution < -0.4 is 5.32 Å². The highest BCUT2D eigenvalue weighted by atomic mass is 16.1. The number of unbranched alkanes of at least 4 members (excludes halogenated alkanes) is 1. The summed E-state index contributed by atoms with van der Waals surface area (Å²) in [6.07, 6.45) is 3.55. The van der Waals surface area contributed by atoms with Gasteiger partial charge in [-0.25, -0.2) is 0 Å². The lowest BCUT2D eigenvalue weighted by molar-refractivity contribution is -0.117. The van der Waals surface area contributed by atoms with Crippen LogP contribution in [0.1, 0.15) is 25.3 Å². The van der Waals surface area contributed by atoms with Gasteiger partial charge in [0.25, 0.3) is 0 Å². The summed E-state index contributed by atoms with van der Waals surface area (Å²) in [5.74, 6) is 0.257. The maximum Gasteiger partial charge on any atom is 0.146 e. The molecule has 1 radical (unpaired) electrons. The lowest BCUT2D eigenvalue weighted by atomic mass is 10.2. The van der Waals surface area contributed by atoms with Gasteiger partial charge < -0.3 is 5.32 Å². The minimum absolute atomic E-state index is 0.257. The summed E-state index contributed by atoms with van der Waals surface area (Å²) >= 11 is 0. The van der Waals surface area contributed by atoms with Gasteiger partial charge in [-0.05, 0) is 12.0 Å². The molecule has 1 aromatic carbocycles. The van der Waals surface area contributed by atoms with Crippen molar-refractivity contribution in [2.75, 3.05) is 6.54 Å². The summed E-state index contributed by atoms with van der Waals surface area (Å²) in [4.78, 5) is 11.3. The molecule has 15 heavy (non-hydrogen) atoms. The fourth-order valence-corrected chi connectivity index (χ4v) is 1.32. The first-order chi connectivity index (χ1) is 7.33. The third-order valence-electron chi connectivity index (χ3n) is 2.15. The molecule has 1 rings (SSSR count). The van der Waals surface area contributed by atoms with Gasteiger partial charge in [-0.15, -0.1) is 0 Å². The molecule has 0 amide bonds. The van der Waals surface area contributed by atoms with Crippen molar-refractivity contribution < 1.29 is 4.79 Å². The molecule has 0 unspecified atom stereocenters. The van der Waals surface area contributed by atoms with E-state index in [0.717, 1.165) is 13.0 Å². The largest absolute Gasteiger partial charge is 0.306 e. The fraction of sp³-hybridized carbons (Fsp3) is 0.385. The third kappa shape index (κ3) is 5.33. The van der Waals surface area contributed by atoms with E-state index < -0.39 is 0 Å². The van der Waals surface area contributed by atoms with Gasteiger partial charge in [0.05, 0.1) is 6.54 Å². The van der Waals surface area contributed by atoms with E-state index in [2.05, 4.69) is 17.4 Å². The molecule has 0 aliphatic heterocycles. The number of benzene rings is 1. The quantitative estimate of drug-likeness (QED) is 0.738. The van der Waals surface area contributed by atoms with Gasteiger partial charge in [-0.3, -0.25) is 4.79 Å². The van der Waals surface area contributed by atoms with Crippen molar-refractivity contribution in [2.24, 2.45) is 0 Å². The van der Waals surface area contributed by atoms with Gasteiger partial charge in [0.2, 0.25) is 0 Å². The first-order valence-corrected chi connectivity index (χ1v) is 5.41. The Morgan fingerprint density at radius 1 is 1.33 bits per heavy atom. The van der Waals surface area contributed by atoms with Gasteiger partial charge in [0.15, 0.2) is 0 Å². The van der Waals surface area contributed by atoms with Crippen LogP contribution in [0.15, 0.2) is 30.3 Å². The second-order valence-corrected chi connectivity index (χ2v) is 3.53. The van der Waals surface area contributed by atoms with Crippen LogP contribution in [0.3, 0.4) is 0 Å². The molecule has 0 aliphatic rings. The van der Waals surface area contributed by atoms with E-state index in [1.165, 1.54) is 5.56 Å². The average molecular weight is 204 g/mol. The van der Waals surface area contributed by atoms with E-state index in [-0.39, 0.29) is 5.78 Å². The van der Waals surface area contributed by atoms with Crippen LogP contribution >= 0.6 is 0 Å². The topological polar surface area (TPSA) is 29.1 Å². The molecule has 0 saturated heterocycles. The number of Topliss-reactive ketones (excluding diaryl/α,β-unsaturated/α-hetero) is 1. The van der Waals surface area contributed by atoms with Crippen molar-refractivity contribution in [1.82, 2.24) is 5.32 Å². The van der Waals surface area contributed by atoms with Crippen LogP contribution in [0.4, 0.5) is 0 Å². The summed E-state index contributed by atoms with van der Waals surface area (Å²) in [5, 5.41) is 3.14. The number of ketones is 1. The van der Waals surface area contributed by atoms with Crippen LogP contribution in [0.25, 0.3) is 0 Å². The van der Waals surface area contributed by atoms with Gasteiger partial charge in [0, 0.05) is 13.0 Å². The molecule has 1 aromatic rings. The molecule has 0 fully saturated rings.